The van der Waals surface area contributed by atoms with E-state index in [2.05, 4.69) is 10.2 Å². The first-order chi connectivity index (χ1) is 8.38. The molecule has 2 rings (SSSR count). The van der Waals surface area contributed by atoms with Gasteiger partial charge in [0.1, 0.15) is 0 Å². The highest BCUT2D eigenvalue weighted by atomic mass is 16.5. The van der Waals surface area contributed by atoms with Crippen molar-refractivity contribution in [2.75, 3.05) is 39.8 Å². The Morgan fingerprint density at radius 3 is 2.71 bits per heavy atom. The summed E-state index contributed by atoms with van der Waals surface area (Å²) < 4.78 is 5.38. The maximum Gasteiger partial charge on any atom is 0.0710 e. The van der Waals surface area contributed by atoms with Gasteiger partial charge in [0.05, 0.1) is 6.10 Å². The van der Waals surface area contributed by atoms with Crippen LogP contribution in [0.15, 0.2) is 0 Å². The van der Waals surface area contributed by atoms with Gasteiger partial charge in [0.25, 0.3) is 0 Å². The van der Waals surface area contributed by atoms with Gasteiger partial charge in [-0.05, 0) is 31.7 Å². The predicted octanol–water partition coefficient (Wildman–Crippen LogP) is 1.88. The second-order valence-electron chi connectivity index (χ2n) is 5.66. The Morgan fingerprint density at radius 2 is 2.00 bits per heavy atom. The summed E-state index contributed by atoms with van der Waals surface area (Å²) in [5, 5.41) is 3.63. The summed E-state index contributed by atoms with van der Waals surface area (Å²) in [4.78, 5) is 2.52. The van der Waals surface area contributed by atoms with Crippen LogP contribution in [-0.2, 0) is 4.74 Å². The summed E-state index contributed by atoms with van der Waals surface area (Å²) in [6.45, 7) is 5.91. The molecule has 1 unspecified atom stereocenters. The number of nitrogens with zero attached hydrogens (tertiary/aromatic N) is 1. The molecule has 3 heteroatoms. The van der Waals surface area contributed by atoms with Crippen molar-refractivity contribution in [3.8, 4) is 0 Å². The van der Waals surface area contributed by atoms with E-state index in [9.17, 15) is 0 Å². The molecule has 100 valence electrons. The fourth-order valence-corrected chi connectivity index (χ4v) is 3.13. The summed E-state index contributed by atoms with van der Waals surface area (Å²) in [5.74, 6) is 0.953. The van der Waals surface area contributed by atoms with Crippen LogP contribution in [0, 0.1) is 5.92 Å². The highest BCUT2D eigenvalue weighted by Gasteiger charge is 2.21. The zero-order chi connectivity index (χ0) is 11.9. The molecule has 1 aliphatic carbocycles. The van der Waals surface area contributed by atoms with Gasteiger partial charge in [0, 0.05) is 33.3 Å². The van der Waals surface area contributed by atoms with Gasteiger partial charge in [-0.1, -0.05) is 19.3 Å². The van der Waals surface area contributed by atoms with E-state index in [-0.39, 0.29) is 0 Å². The fourth-order valence-electron chi connectivity index (χ4n) is 3.13. The number of hydrogen-bond acceptors (Lipinski definition) is 3. The third-order valence-corrected chi connectivity index (χ3v) is 4.33. The Balaban J connectivity index is 1.48. The molecule has 0 aromatic heterocycles. The average Bonchev–Trinajstić information content (AvgIpc) is 2.84. The maximum absolute atomic E-state index is 5.38. The summed E-state index contributed by atoms with van der Waals surface area (Å²) >= 11 is 0. The number of hydrogen-bond donors (Lipinski definition) is 1. The first-order valence-corrected chi connectivity index (χ1v) is 7.34. The molecule has 3 nitrogen and oxygen atoms in total. The largest absolute Gasteiger partial charge is 0.380 e. The van der Waals surface area contributed by atoms with E-state index in [0.717, 1.165) is 19.0 Å². The van der Waals surface area contributed by atoms with Crippen LogP contribution in [0.2, 0.25) is 0 Å². The van der Waals surface area contributed by atoms with E-state index in [1.54, 1.807) is 0 Å². The van der Waals surface area contributed by atoms with E-state index < -0.39 is 0 Å². The summed E-state index contributed by atoms with van der Waals surface area (Å²) in [6, 6.07) is 0. The lowest BCUT2D eigenvalue weighted by Gasteiger charge is -2.22. The van der Waals surface area contributed by atoms with Crippen LogP contribution in [0.25, 0.3) is 0 Å². The molecule has 0 aromatic carbocycles. The third kappa shape index (κ3) is 4.57. The molecule has 1 N–H and O–H groups in total. The number of methoxy groups -OCH3 is 1. The monoisotopic (exact) mass is 240 g/mol. The van der Waals surface area contributed by atoms with Gasteiger partial charge >= 0.3 is 0 Å². The van der Waals surface area contributed by atoms with Gasteiger partial charge < -0.3 is 10.1 Å². The minimum Gasteiger partial charge on any atom is -0.380 e. The van der Waals surface area contributed by atoms with Gasteiger partial charge in [-0.2, -0.15) is 0 Å². The minimum absolute atomic E-state index is 0.480. The Kier molecular flexibility index (Phi) is 5.75. The highest BCUT2D eigenvalue weighted by Crippen LogP contribution is 2.22. The van der Waals surface area contributed by atoms with Crippen molar-refractivity contribution in [2.24, 2.45) is 5.92 Å². The van der Waals surface area contributed by atoms with Crippen LogP contribution in [0.5, 0.6) is 0 Å². The maximum atomic E-state index is 5.38. The zero-order valence-electron chi connectivity index (χ0n) is 11.3. The molecule has 1 atom stereocenters. The van der Waals surface area contributed by atoms with Gasteiger partial charge in [-0.15, -0.1) is 0 Å². The first kappa shape index (κ1) is 13.3. The molecule has 0 spiro atoms. The van der Waals surface area contributed by atoms with Crippen LogP contribution in [0.4, 0.5) is 0 Å². The molecule has 0 aromatic rings. The lowest BCUT2D eigenvalue weighted by Crippen LogP contribution is -2.34. The van der Waals surface area contributed by atoms with E-state index in [0.29, 0.717) is 6.10 Å². The second kappa shape index (κ2) is 7.34. The van der Waals surface area contributed by atoms with E-state index >= 15 is 0 Å². The first-order valence-electron chi connectivity index (χ1n) is 7.34. The topological polar surface area (TPSA) is 24.5 Å². The van der Waals surface area contributed by atoms with Crippen molar-refractivity contribution in [1.29, 1.82) is 0 Å². The summed E-state index contributed by atoms with van der Waals surface area (Å²) in [5.41, 5.74) is 0. The van der Waals surface area contributed by atoms with Crippen LogP contribution in [0.3, 0.4) is 0 Å². The minimum atomic E-state index is 0.480. The van der Waals surface area contributed by atoms with Gasteiger partial charge in [0.15, 0.2) is 0 Å². The number of nitrogens with one attached hydrogen (secondary N) is 1. The quantitative estimate of drug-likeness (QED) is 0.717. The molecule has 1 saturated carbocycles. The normalized spacial score (nSPS) is 27.7. The molecular weight excluding hydrogens is 212 g/mol. The van der Waals surface area contributed by atoms with Crippen molar-refractivity contribution in [1.82, 2.24) is 10.2 Å². The fraction of sp³-hybridized carbons (Fsp3) is 1.00. The highest BCUT2D eigenvalue weighted by molar-refractivity contribution is 4.76. The number of likely N-dealkylation sites (tertiary alicyclic amines) is 1. The predicted molar refractivity (Wildman–Crippen MR) is 71.3 cm³/mol. The van der Waals surface area contributed by atoms with E-state index in [1.165, 1.54) is 58.2 Å². The SMILES string of the molecule is COC1CCN(CCNCC2CCCCC2)C1. The summed E-state index contributed by atoms with van der Waals surface area (Å²) in [7, 11) is 1.83. The van der Waals surface area contributed by atoms with Crippen molar-refractivity contribution < 1.29 is 4.74 Å². The van der Waals surface area contributed by atoms with Crippen LogP contribution in [0.1, 0.15) is 38.5 Å². The van der Waals surface area contributed by atoms with E-state index in [4.69, 9.17) is 4.74 Å². The molecule has 1 saturated heterocycles. The van der Waals surface area contributed by atoms with Crippen molar-refractivity contribution >= 4 is 0 Å². The Labute approximate surface area is 106 Å². The van der Waals surface area contributed by atoms with Gasteiger partial charge in [-0.25, -0.2) is 0 Å². The molecule has 1 aliphatic heterocycles. The van der Waals surface area contributed by atoms with Crippen LogP contribution < -0.4 is 5.32 Å². The lowest BCUT2D eigenvalue weighted by atomic mass is 9.89. The molecule has 17 heavy (non-hydrogen) atoms. The molecule has 2 aliphatic rings. The molecule has 0 amide bonds. The molecule has 2 fully saturated rings. The third-order valence-electron chi connectivity index (χ3n) is 4.33. The van der Waals surface area contributed by atoms with Crippen LogP contribution >= 0.6 is 0 Å². The molecule has 1 heterocycles. The smallest absolute Gasteiger partial charge is 0.0710 e. The van der Waals surface area contributed by atoms with E-state index in [1.807, 2.05) is 7.11 Å². The van der Waals surface area contributed by atoms with Crippen molar-refractivity contribution in [3.05, 3.63) is 0 Å². The Morgan fingerprint density at radius 1 is 1.18 bits per heavy atom. The Hall–Kier alpha value is -0.120. The van der Waals surface area contributed by atoms with Crippen LogP contribution in [-0.4, -0.2) is 50.8 Å². The molecule has 0 radical (unpaired) electrons. The summed E-state index contributed by atoms with van der Waals surface area (Å²) in [6.07, 6.45) is 8.95. The standard InChI is InChI=1S/C14H28N2O/c1-17-14-7-9-16(12-14)10-8-15-11-13-5-3-2-4-6-13/h13-15H,2-12H2,1H3. The van der Waals surface area contributed by atoms with Gasteiger partial charge in [0.2, 0.25) is 0 Å². The zero-order valence-corrected chi connectivity index (χ0v) is 11.3. The molecular formula is C14H28N2O. The average molecular weight is 240 g/mol. The molecule has 0 bridgehead atoms. The Bertz CT molecular complexity index is 204. The lowest BCUT2D eigenvalue weighted by molar-refractivity contribution is 0.108. The number of ether oxygens (including phenoxy) is 1. The van der Waals surface area contributed by atoms with Crippen molar-refractivity contribution in [2.45, 2.75) is 44.6 Å². The second-order valence-corrected chi connectivity index (χ2v) is 5.66. The van der Waals surface area contributed by atoms with Crippen molar-refractivity contribution in [3.63, 3.8) is 0 Å². The van der Waals surface area contributed by atoms with Gasteiger partial charge in [-0.3, -0.25) is 4.90 Å². The number of rotatable bonds is 6.